The van der Waals surface area contributed by atoms with Crippen LogP contribution in [0.4, 0.5) is 10.1 Å². The first kappa shape index (κ1) is 28.8. The van der Waals surface area contributed by atoms with Gasteiger partial charge < -0.3 is 15.2 Å². The number of likely N-dealkylation sites (tertiary alicyclic amines) is 1. The maximum atomic E-state index is 12.6. The zero-order valence-corrected chi connectivity index (χ0v) is 24.5. The molecule has 1 fully saturated rings. The van der Waals surface area contributed by atoms with E-state index in [0.717, 1.165) is 74.3 Å². The van der Waals surface area contributed by atoms with Crippen molar-refractivity contribution in [2.45, 2.75) is 51.6 Å². The van der Waals surface area contributed by atoms with Gasteiger partial charge in [0.1, 0.15) is 22.6 Å². The Labute approximate surface area is 246 Å². The van der Waals surface area contributed by atoms with E-state index in [1.807, 2.05) is 25.1 Å². The summed E-state index contributed by atoms with van der Waals surface area (Å²) < 4.78 is 24.6. The number of benzene rings is 3. The number of anilines is 1. The number of hydrogen-bond acceptors (Lipinski definition) is 4. The minimum atomic E-state index is -0.271. The number of nitrogens with two attached hydrogens (primary N) is 1. The monoisotopic (exact) mass is 582 g/mol. The molecule has 0 spiro atoms. The number of ether oxygens (including phenoxy) is 2. The van der Waals surface area contributed by atoms with E-state index in [4.69, 9.17) is 38.4 Å². The van der Waals surface area contributed by atoms with Gasteiger partial charge in [-0.1, -0.05) is 41.4 Å². The van der Waals surface area contributed by atoms with Gasteiger partial charge >= 0.3 is 0 Å². The topological polar surface area (TPSA) is 47.7 Å². The summed E-state index contributed by atoms with van der Waals surface area (Å²) in [5.74, 6) is 1.45. The quantitative estimate of drug-likeness (QED) is 0.258. The van der Waals surface area contributed by atoms with Crippen molar-refractivity contribution in [2.75, 3.05) is 38.6 Å². The van der Waals surface area contributed by atoms with Crippen molar-refractivity contribution in [2.24, 2.45) is 0 Å². The summed E-state index contributed by atoms with van der Waals surface area (Å²) in [5.41, 5.74) is 14.0. The fourth-order valence-corrected chi connectivity index (χ4v) is 6.36. The van der Waals surface area contributed by atoms with Crippen LogP contribution in [0.2, 0.25) is 10.0 Å². The van der Waals surface area contributed by atoms with Gasteiger partial charge in [0.25, 0.3) is 0 Å². The van der Waals surface area contributed by atoms with Crippen LogP contribution in [0.5, 0.6) is 11.5 Å². The standard InChI is InChI=1S/C33H37Cl2FN2O2/c1-2-39-31-14-13-29(32(34)33(31)35)28-6-3-5-23-19-25(37)10-7-24(23)20-30(28)22-8-11-26(12-9-22)40-27-15-18-38(21-27)17-4-16-36/h7-14,19,27H,2-6,15-18,20-21,37H2,1H3/b30-28-/t27-/m0/s1. The first-order valence-electron chi connectivity index (χ1n) is 14.2. The van der Waals surface area contributed by atoms with Crippen LogP contribution in [-0.2, 0) is 12.8 Å². The Bertz CT molecular complexity index is 1360. The third-order valence-electron chi connectivity index (χ3n) is 7.85. The van der Waals surface area contributed by atoms with E-state index in [0.29, 0.717) is 28.8 Å². The minimum Gasteiger partial charge on any atom is -0.492 e. The van der Waals surface area contributed by atoms with Gasteiger partial charge in [0.05, 0.1) is 18.3 Å². The van der Waals surface area contributed by atoms with Gasteiger partial charge in [0, 0.05) is 25.3 Å². The van der Waals surface area contributed by atoms with Crippen molar-refractivity contribution in [3.8, 4) is 11.5 Å². The highest BCUT2D eigenvalue weighted by Crippen LogP contribution is 2.43. The Morgan fingerprint density at radius 2 is 1.80 bits per heavy atom. The molecule has 3 aromatic rings. The molecule has 3 aromatic carbocycles. The highest BCUT2D eigenvalue weighted by molar-refractivity contribution is 6.44. The molecule has 1 atom stereocenters. The number of rotatable bonds is 9. The van der Waals surface area contributed by atoms with Crippen molar-refractivity contribution in [3.05, 3.63) is 86.9 Å². The van der Waals surface area contributed by atoms with Crippen LogP contribution in [0.15, 0.2) is 54.6 Å². The van der Waals surface area contributed by atoms with Crippen molar-refractivity contribution in [3.63, 3.8) is 0 Å². The SMILES string of the molecule is CCOc1ccc(/C2=C(\c3ccc(O[C@H]4CCN(CCCF)C4)cc3)Cc3ccc(N)cc3CCC2)c(Cl)c1Cl. The van der Waals surface area contributed by atoms with Gasteiger partial charge in [0.15, 0.2) is 0 Å². The number of halogens is 3. The Balaban J connectivity index is 1.48. The summed E-state index contributed by atoms with van der Waals surface area (Å²) in [6, 6.07) is 18.6. The van der Waals surface area contributed by atoms with Crippen LogP contribution in [-0.4, -0.2) is 43.9 Å². The average molecular weight is 584 g/mol. The second-order valence-corrected chi connectivity index (χ2v) is 11.3. The molecule has 40 heavy (non-hydrogen) atoms. The number of hydrogen-bond donors (Lipinski definition) is 1. The lowest BCUT2D eigenvalue weighted by atomic mass is 9.83. The fourth-order valence-electron chi connectivity index (χ4n) is 5.87. The molecule has 2 aliphatic rings. The maximum absolute atomic E-state index is 12.6. The molecule has 5 rings (SSSR count). The van der Waals surface area contributed by atoms with Crippen LogP contribution in [0.3, 0.4) is 0 Å². The predicted octanol–water partition coefficient (Wildman–Crippen LogP) is 8.28. The Hall–Kier alpha value is -2.73. The molecule has 7 heteroatoms. The lowest BCUT2D eigenvalue weighted by Gasteiger charge is -2.23. The van der Waals surface area contributed by atoms with Crippen molar-refractivity contribution in [1.82, 2.24) is 4.90 Å². The molecule has 1 aliphatic carbocycles. The van der Waals surface area contributed by atoms with E-state index in [-0.39, 0.29) is 12.8 Å². The molecule has 4 nitrogen and oxygen atoms in total. The molecule has 0 unspecified atom stereocenters. The highest BCUT2D eigenvalue weighted by atomic mass is 35.5. The number of aryl methyl sites for hydroxylation is 1. The van der Waals surface area contributed by atoms with Crippen molar-refractivity contribution < 1.29 is 13.9 Å². The fraction of sp³-hybridized carbons (Fsp3) is 0.394. The van der Waals surface area contributed by atoms with E-state index in [1.165, 1.54) is 22.3 Å². The highest BCUT2D eigenvalue weighted by Gasteiger charge is 2.24. The summed E-state index contributed by atoms with van der Waals surface area (Å²) in [6.07, 6.45) is 5.22. The molecule has 0 amide bonds. The second-order valence-electron chi connectivity index (χ2n) is 10.6. The summed E-state index contributed by atoms with van der Waals surface area (Å²) in [6.45, 7) is 4.77. The Morgan fingerprint density at radius 1 is 0.975 bits per heavy atom. The summed E-state index contributed by atoms with van der Waals surface area (Å²) in [4.78, 5) is 2.28. The normalized spacial score (nSPS) is 19.6. The molecule has 0 aromatic heterocycles. The largest absolute Gasteiger partial charge is 0.492 e. The van der Waals surface area contributed by atoms with Crippen molar-refractivity contribution in [1.29, 1.82) is 0 Å². The molecule has 0 bridgehead atoms. The molecule has 0 saturated carbocycles. The van der Waals surface area contributed by atoms with Crippen LogP contribution in [0, 0.1) is 0 Å². The average Bonchev–Trinajstić information content (AvgIpc) is 3.39. The van der Waals surface area contributed by atoms with E-state index in [9.17, 15) is 4.39 Å². The number of alkyl halides is 1. The van der Waals surface area contributed by atoms with E-state index in [1.54, 1.807) is 0 Å². The molecular formula is C33H37Cl2FN2O2. The number of nitrogen functional groups attached to an aromatic ring is 1. The van der Waals surface area contributed by atoms with E-state index >= 15 is 0 Å². The number of fused-ring (bicyclic) bond motifs is 1. The zero-order valence-electron chi connectivity index (χ0n) is 23.0. The minimum absolute atomic E-state index is 0.128. The molecule has 1 heterocycles. The van der Waals surface area contributed by atoms with Gasteiger partial charge in [0.2, 0.25) is 0 Å². The summed E-state index contributed by atoms with van der Waals surface area (Å²) >= 11 is 13.6. The molecule has 0 radical (unpaired) electrons. The van der Waals surface area contributed by atoms with Crippen LogP contribution in [0.1, 0.15) is 54.9 Å². The lowest BCUT2D eigenvalue weighted by Crippen LogP contribution is -2.26. The second kappa shape index (κ2) is 13.3. The van der Waals surface area contributed by atoms with Gasteiger partial charge in [-0.25, -0.2) is 0 Å². The first-order valence-corrected chi connectivity index (χ1v) is 15.0. The zero-order chi connectivity index (χ0) is 28.1. The Morgan fingerprint density at radius 3 is 2.58 bits per heavy atom. The first-order chi connectivity index (χ1) is 19.5. The lowest BCUT2D eigenvalue weighted by molar-refractivity contribution is 0.198. The molecule has 2 N–H and O–H groups in total. The van der Waals surface area contributed by atoms with E-state index < -0.39 is 0 Å². The maximum Gasteiger partial charge on any atom is 0.139 e. The van der Waals surface area contributed by atoms with Crippen LogP contribution >= 0.6 is 23.2 Å². The third-order valence-corrected chi connectivity index (χ3v) is 8.71. The molecular weight excluding hydrogens is 546 g/mol. The van der Waals surface area contributed by atoms with Gasteiger partial charge in [-0.2, -0.15) is 0 Å². The smallest absolute Gasteiger partial charge is 0.139 e. The van der Waals surface area contributed by atoms with Gasteiger partial charge in [-0.05, 0) is 115 Å². The predicted molar refractivity (Wildman–Crippen MR) is 164 cm³/mol. The molecule has 1 saturated heterocycles. The summed E-state index contributed by atoms with van der Waals surface area (Å²) in [7, 11) is 0. The number of allylic oxidation sites excluding steroid dienone is 2. The summed E-state index contributed by atoms with van der Waals surface area (Å²) in [5, 5.41) is 0.973. The van der Waals surface area contributed by atoms with Crippen LogP contribution < -0.4 is 15.2 Å². The van der Waals surface area contributed by atoms with Gasteiger partial charge in [-0.3, -0.25) is 9.29 Å². The van der Waals surface area contributed by atoms with E-state index in [2.05, 4.69) is 41.3 Å². The van der Waals surface area contributed by atoms with Gasteiger partial charge in [-0.15, -0.1) is 0 Å². The number of nitrogens with zero attached hydrogens (tertiary/aromatic N) is 1. The van der Waals surface area contributed by atoms with Crippen LogP contribution in [0.25, 0.3) is 11.1 Å². The van der Waals surface area contributed by atoms with Crippen molar-refractivity contribution >= 4 is 40.0 Å². The molecule has 212 valence electrons. The molecule has 1 aliphatic heterocycles. The Kier molecular flexibility index (Phi) is 9.56. The third kappa shape index (κ3) is 6.59.